The predicted octanol–water partition coefficient (Wildman–Crippen LogP) is 5.89. The molecule has 1 fully saturated rings. The van der Waals surface area contributed by atoms with Gasteiger partial charge in [0.25, 0.3) is 0 Å². The molecule has 0 unspecified atom stereocenters. The number of likely N-dealkylation sites (tertiary alicyclic amines) is 1. The van der Waals surface area contributed by atoms with E-state index in [0.717, 1.165) is 54.3 Å². The van der Waals surface area contributed by atoms with E-state index in [2.05, 4.69) is 18.3 Å². The summed E-state index contributed by atoms with van der Waals surface area (Å²) in [5, 5.41) is 9.51. The van der Waals surface area contributed by atoms with Gasteiger partial charge in [-0.2, -0.15) is 5.10 Å². The maximum absolute atomic E-state index is 12.3. The van der Waals surface area contributed by atoms with Crippen LogP contribution < -0.4 is 5.32 Å². The number of amides is 1. The number of thiophene rings is 1. The Morgan fingerprint density at radius 2 is 1.91 bits per heavy atom. The van der Waals surface area contributed by atoms with E-state index < -0.39 is 5.60 Å². The summed E-state index contributed by atoms with van der Waals surface area (Å²) in [7, 11) is 2.00. The van der Waals surface area contributed by atoms with Gasteiger partial charge in [0.2, 0.25) is 0 Å². The molecule has 0 radical (unpaired) electrons. The third-order valence-corrected chi connectivity index (χ3v) is 6.65. The molecule has 4 heterocycles. The van der Waals surface area contributed by atoms with Gasteiger partial charge in [-0.25, -0.2) is 9.78 Å². The fourth-order valence-corrected chi connectivity index (χ4v) is 5.42. The topological polar surface area (TPSA) is 72.3 Å². The van der Waals surface area contributed by atoms with E-state index in [1.165, 1.54) is 15.6 Å². The van der Waals surface area contributed by atoms with Gasteiger partial charge in [-0.05, 0) is 65.0 Å². The van der Waals surface area contributed by atoms with Crippen molar-refractivity contribution in [2.45, 2.75) is 66.9 Å². The first-order chi connectivity index (χ1) is 15.1. The van der Waals surface area contributed by atoms with Crippen LogP contribution in [0.2, 0.25) is 0 Å². The Labute approximate surface area is 195 Å². The molecule has 1 saturated heterocycles. The van der Waals surface area contributed by atoms with Crippen molar-refractivity contribution >= 4 is 43.7 Å². The molecule has 0 aliphatic carbocycles. The van der Waals surface area contributed by atoms with Gasteiger partial charge in [0.15, 0.2) is 5.82 Å². The molecule has 3 aromatic rings. The number of carbonyl (C=O) groups is 1. The summed E-state index contributed by atoms with van der Waals surface area (Å²) in [6, 6.07) is 2.13. The van der Waals surface area contributed by atoms with Crippen molar-refractivity contribution in [3.8, 4) is 0 Å². The first-order valence-electron chi connectivity index (χ1n) is 11.6. The monoisotopic (exact) mass is 459 g/mol. The zero-order valence-corrected chi connectivity index (χ0v) is 21.5. The van der Waals surface area contributed by atoms with E-state index in [4.69, 9.17) is 14.8 Å². The molecule has 3 aromatic heterocycles. The highest BCUT2D eigenvalue weighted by molar-refractivity contribution is 7.26. The molecule has 1 aliphatic rings. The Morgan fingerprint density at radius 1 is 1.25 bits per heavy atom. The third kappa shape index (κ3) is 5.17. The van der Waals surface area contributed by atoms with E-state index in [-0.39, 0.29) is 6.09 Å². The second kappa shape index (κ2) is 9.65. The number of nitrogens with zero attached hydrogens (tertiary/aromatic N) is 4. The molecule has 1 amide bonds. The number of ether oxygens (including phenoxy) is 1. The molecule has 0 saturated carbocycles. The lowest BCUT2D eigenvalue weighted by Gasteiger charge is -2.33. The van der Waals surface area contributed by atoms with Crippen LogP contribution in [0.4, 0.5) is 10.6 Å². The Bertz CT molecular complexity index is 1090. The molecule has 0 bridgehead atoms. The van der Waals surface area contributed by atoms with Gasteiger partial charge in [0.1, 0.15) is 10.4 Å². The first kappa shape index (κ1) is 24.3. The number of piperidine rings is 1. The van der Waals surface area contributed by atoms with Gasteiger partial charge in [-0.1, -0.05) is 13.8 Å². The van der Waals surface area contributed by atoms with E-state index in [0.29, 0.717) is 5.92 Å². The lowest BCUT2D eigenvalue weighted by atomic mass is 9.97. The summed E-state index contributed by atoms with van der Waals surface area (Å²) in [5.74, 6) is 1.44. The maximum Gasteiger partial charge on any atom is 0.410 e. The number of aryl methyl sites for hydroxylation is 3. The number of nitrogens with one attached hydrogen (secondary N) is 1. The van der Waals surface area contributed by atoms with E-state index in [9.17, 15) is 4.79 Å². The molecule has 176 valence electrons. The van der Waals surface area contributed by atoms with Crippen LogP contribution in [0.1, 0.15) is 58.7 Å². The van der Waals surface area contributed by atoms with Crippen molar-refractivity contribution in [1.82, 2.24) is 19.7 Å². The normalized spacial score (nSPS) is 15.1. The molecule has 0 atom stereocenters. The molecular weight excluding hydrogens is 422 g/mol. The molecular formula is C24H37N5O2S. The van der Waals surface area contributed by atoms with Crippen molar-refractivity contribution in [2.24, 2.45) is 13.0 Å². The lowest BCUT2D eigenvalue weighted by molar-refractivity contribution is 0.0188. The number of aromatic nitrogens is 3. The highest BCUT2D eigenvalue weighted by atomic mass is 32.1. The van der Waals surface area contributed by atoms with Crippen LogP contribution in [0.15, 0.2) is 6.07 Å². The standard InChI is InChI=1S/C22H31N5O2S.C2H6/c1-13-11-14(2)24-20-16(13)17-18(30-20)19(25-26(17)6)23-12-15-7-9-27(10-8-15)21(28)29-22(3,4)5;1-2/h11,15H,7-10,12H2,1-6H3,(H,23,25);1-2H3. The summed E-state index contributed by atoms with van der Waals surface area (Å²) in [5.41, 5.74) is 3.00. The molecule has 1 N–H and O–H groups in total. The molecule has 32 heavy (non-hydrogen) atoms. The van der Waals surface area contributed by atoms with Gasteiger partial charge < -0.3 is 15.0 Å². The van der Waals surface area contributed by atoms with E-state index >= 15 is 0 Å². The van der Waals surface area contributed by atoms with Crippen molar-refractivity contribution in [3.63, 3.8) is 0 Å². The van der Waals surface area contributed by atoms with Gasteiger partial charge in [0, 0.05) is 37.8 Å². The van der Waals surface area contributed by atoms with Crippen LogP contribution in [0.5, 0.6) is 0 Å². The van der Waals surface area contributed by atoms with Gasteiger partial charge in [-0.15, -0.1) is 11.3 Å². The third-order valence-electron chi connectivity index (χ3n) is 5.58. The number of hydrogen-bond acceptors (Lipinski definition) is 6. The quantitative estimate of drug-likeness (QED) is 0.529. The van der Waals surface area contributed by atoms with Crippen molar-refractivity contribution < 1.29 is 9.53 Å². The number of fused-ring (bicyclic) bond motifs is 3. The minimum Gasteiger partial charge on any atom is -0.444 e. The molecule has 0 spiro atoms. The van der Waals surface area contributed by atoms with Crippen molar-refractivity contribution in [3.05, 3.63) is 17.3 Å². The molecule has 1 aliphatic heterocycles. The smallest absolute Gasteiger partial charge is 0.410 e. The Kier molecular flexibility index (Phi) is 7.32. The van der Waals surface area contributed by atoms with Crippen LogP contribution in [-0.2, 0) is 11.8 Å². The number of pyridine rings is 1. The summed E-state index contributed by atoms with van der Waals surface area (Å²) in [6.07, 6.45) is 1.73. The highest BCUT2D eigenvalue weighted by Gasteiger charge is 2.27. The second-order valence-corrected chi connectivity index (χ2v) is 10.3. The van der Waals surface area contributed by atoms with Crippen LogP contribution in [0.25, 0.3) is 20.4 Å². The lowest BCUT2D eigenvalue weighted by Crippen LogP contribution is -2.42. The average molecular weight is 460 g/mol. The predicted molar refractivity (Wildman–Crippen MR) is 134 cm³/mol. The summed E-state index contributed by atoms with van der Waals surface area (Å²) in [6.45, 7) is 16.2. The van der Waals surface area contributed by atoms with Crippen molar-refractivity contribution in [1.29, 1.82) is 0 Å². The zero-order valence-electron chi connectivity index (χ0n) is 20.7. The number of hydrogen-bond donors (Lipinski definition) is 1. The largest absolute Gasteiger partial charge is 0.444 e. The fourth-order valence-electron chi connectivity index (χ4n) is 4.14. The Balaban J connectivity index is 0.00000141. The van der Waals surface area contributed by atoms with Crippen LogP contribution in [0.3, 0.4) is 0 Å². The maximum atomic E-state index is 12.3. The second-order valence-electron chi connectivity index (χ2n) is 9.30. The average Bonchev–Trinajstić information content (AvgIpc) is 3.24. The van der Waals surface area contributed by atoms with E-state index in [1.807, 2.05) is 58.2 Å². The number of rotatable bonds is 3. The molecule has 0 aromatic carbocycles. The minimum absolute atomic E-state index is 0.205. The van der Waals surface area contributed by atoms with Crippen LogP contribution >= 0.6 is 11.3 Å². The minimum atomic E-state index is -0.449. The van der Waals surface area contributed by atoms with Crippen LogP contribution in [0, 0.1) is 19.8 Å². The van der Waals surface area contributed by atoms with Gasteiger partial charge >= 0.3 is 6.09 Å². The van der Waals surface area contributed by atoms with E-state index in [1.54, 1.807) is 11.3 Å². The zero-order chi connectivity index (χ0) is 23.6. The summed E-state index contributed by atoms with van der Waals surface area (Å²) < 4.78 is 8.62. The first-order valence-corrected chi connectivity index (χ1v) is 12.4. The van der Waals surface area contributed by atoms with Crippen LogP contribution in [-0.4, -0.2) is 51.0 Å². The van der Waals surface area contributed by atoms with Gasteiger partial charge in [0.05, 0.1) is 10.2 Å². The molecule has 8 heteroatoms. The summed E-state index contributed by atoms with van der Waals surface area (Å²) in [4.78, 5) is 19.9. The van der Waals surface area contributed by atoms with Gasteiger partial charge in [-0.3, -0.25) is 4.68 Å². The Hall–Kier alpha value is -2.35. The Morgan fingerprint density at radius 3 is 2.53 bits per heavy atom. The highest BCUT2D eigenvalue weighted by Crippen LogP contribution is 2.38. The molecule has 7 nitrogen and oxygen atoms in total. The SMILES string of the molecule is CC.Cc1cc(C)c2c(n1)sc1c(NCC3CCN(C(=O)OC(C)(C)C)CC3)nn(C)c12. The van der Waals surface area contributed by atoms with Crippen molar-refractivity contribution in [2.75, 3.05) is 25.0 Å². The fraction of sp³-hybridized carbons (Fsp3) is 0.625. The number of anilines is 1. The summed E-state index contributed by atoms with van der Waals surface area (Å²) >= 11 is 1.71. The number of carbonyl (C=O) groups excluding carboxylic acids is 1. The molecule has 4 rings (SSSR count).